The number of thioether (sulfide) groups is 1. The van der Waals surface area contributed by atoms with Gasteiger partial charge in [0.2, 0.25) is 5.91 Å². The van der Waals surface area contributed by atoms with Crippen molar-refractivity contribution in [2.24, 2.45) is 17.8 Å². The van der Waals surface area contributed by atoms with Gasteiger partial charge in [-0.1, -0.05) is 56.2 Å². The van der Waals surface area contributed by atoms with E-state index in [0.29, 0.717) is 36.4 Å². The van der Waals surface area contributed by atoms with Crippen LogP contribution < -0.4 is 4.90 Å². The number of anilines is 1. The van der Waals surface area contributed by atoms with Gasteiger partial charge < -0.3 is 19.6 Å². The van der Waals surface area contributed by atoms with Gasteiger partial charge in [-0.15, -0.1) is 24.9 Å². The van der Waals surface area contributed by atoms with Crippen molar-refractivity contribution in [3.63, 3.8) is 0 Å². The second-order valence-electron chi connectivity index (χ2n) is 11.5. The van der Waals surface area contributed by atoms with Crippen molar-refractivity contribution in [2.45, 2.75) is 75.0 Å². The standard InChI is InChI=1S/C31H41ClN2O5S/c1-7-10-17-39-29(38)24-23-27(36)34(22(18-35)19(4)9-3)26(31(23)15-14-30(24,6)40-31)28(37)33(16-8-2)25-20(5)12-11-13-21(25)32/h7-8,11-13,19,22-24,26,35H,1-2,9-10,14-18H2,3-6H3/t19-,22-,23-,24+,26?,30-,31?/m0/s1. The van der Waals surface area contributed by atoms with Gasteiger partial charge in [0.15, 0.2) is 0 Å². The molecule has 7 nitrogen and oxygen atoms in total. The lowest BCUT2D eigenvalue weighted by Crippen LogP contribution is -2.59. The first-order valence-electron chi connectivity index (χ1n) is 14.1. The Hall–Kier alpha value is -2.29. The summed E-state index contributed by atoms with van der Waals surface area (Å²) in [5.41, 5.74) is 1.40. The average molecular weight is 589 g/mol. The summed E-state index contributed by atoms with van der Waals surface area (Å²) in [4.78, 5) is 46.1. The summed E-state index contributed by atoms with van der Waals surface area (Å²) in [6, 6.07) is 4.01. The van der Waals surface area contributed by atoms with Crippen LogP contribution in [-0.2, 0) is 19.1 Å². The summed E-state index contributed by atoms with van der Waals surface area (Å²) in [6.07, 6.45) is 5.86. The van der Waals surface area contributed by atoms with Gasteiger partial charge in [-0.3, -0.25) is 14.4 Å². The van der Waals surface area contributed by atoms with E-state index in [-0.39, 0.29) is 37.5 Å². The SMILES string of the molecule is C=CCCOC(=O)[C@H]1[C@H]2C(=O)N([C@@H](CO)[C@@H](C)CC)C(C(=O)N(CC=C)c3c(C)cccc3Cl)C23CC[C@]1(C)S3. The molecule has 1 aromatic carbocycles. The number of likely N-dealkylation sites (tertiary alicyclic amines) is 1. The Bertz CT molecular complexity index is 1170. The van der Waals surface area contributed by atoms with Gasteiger partial charge in [-0.25, -0.2) is 0 Å². The van der Waals surface area contributed by atoms with E-state index in [0.717, 1.165) is 5.56 Å². The highest BCUT2D eigenvalue weighted by Crippen LogP contribution is 2.72. The lowest BCUT2D eigenvalue weighted by atomic mass is 9.66. The van der Waals surface area contributed by atoms with E-state index in [1.165, 1.54) is 0 Å². The number of fused-ring (bicyclic) bond motifs is 1. The minimum atomic E-state index is -0.885. The number of esters is 1. The molecule has 3 aliphatic rings. The fourth-order valence-electron chi connectivity index (χ4n) is 7.04. The van der Waals surface area contributed by atoms with Gasteiger partial charge in [0.25, 0.3) is 5.91 Å². The number of hydrogen-bond donors (Lipinski definition) is 1. The molecule has 2 unspecified atom stereocenters. The average Bonchev–Trinajstić information content (AvgIpc) is 3.49. The second-order valence-corrected chi connectivity index (χ2v) is 13.8. The highest BCUT2D eigenvalue weighted by Gasteiger charge is 2.78. The molecule has 0 aromatic heterocycles. The van der Waals surface area contributed by atoms with Gasteiger partial charge in [0.1, 0.15) is 6.04 Å². The molecule has 2 amide bonds. The zero-order valence-corrected chi connectivity index (χ0v) is 25.5. The molecule has 7 atom stereocenters. The van der Waals surface area contributed by atoms with E-state index in [1.54, 1.807) is 39.8 Å². The molecule has 0 radical (unpaired) electrons. The summed E-state index contributed by atoms with van der Waals surface area (Å²) in [7, 11) is 0. The van der Waals surface area contributed by atoms with Crippen LogP contribution >= 0.6 is 23.4 Å². The Morgan fingerprint density at radius 1 is 1.32 bits per heavy atom. The number of rotatable bonds is 12. The quantitative estimate of drug-likeness (QED) is 0.206. The zero-order chi connectivity index (χ0) is 29.4. The van der Waals surface area contributed by atoms with E-state index in [9.17, 15) is 19.5 Å². The maximum Gasteiger partial charge on any atom is 0.311 e. The van der Waals surface area contributed by atoms with Crippen molar-refractivity contribution in [1.29, 1.82) is 0 Å². The predicted molar refractivity (Wildman–Crippen MR) is 160 cm³/mol. The fraction of sp³-hybridized carbons (Fsp3) is 0.581. The third kappa shape index (κ3) is 4.80. The van der Waals surface area contributed by atoms with Gasteiger partial charge >= 0.3 is 5.97 Å². The van der Waals surface area contributed by atoms with Crippen LogP contribution in [0, 0.1) is 24.7 Å². The van der Waals surface area contributed by atoms with Gasteiger partial charge in [-0.05, 0) is 50.7 Å². The third-order valence-electron chi connectivity index (χ3n) is 9.15. The molecule has 4 rings (SSSR count). The number of amides is 2. The molecule has 1 N–H and O–H groups in total. The van der Waals surface area contributed by atoms with Crippen LogP contribution in [0.25, 0.3) is 0 Å². The van der Waals surface area contributed by atoms with Crippen molar-refractivity contribution in [2.75, 3.05) is 24.7 Å². The molecule has 0 saturated carbocycles. The first-order chi connectivity index (χ1) is 19.0. The molecule has 3 heterocycles. The lowest BCUT2D eigenvalue weighted by Gasteiger charge is -2.41. The van der Waals surface area contributed by atoms with E-state index < -0.39 is 39.4 Å². The molecule has 0 aliphatic carbocycles. The topological polar surface area (TPSA) is 87.1 Å². The van der Waals surface area contributed by atoms with Crippen molar-refractivity contribution >= 4 is 46.8 Å². The van der Waals surface area contributed by atoms with E-state index in [1.807, 2.05) is 39.8 Å². The molecule has 1 aromatic rings. The number of ether oxygens (including phenoxy) is 1. The number of hydrogen-bond acceptors (Lipinski definition) is 6. The van der Waals surface area contributed by atoms with Gasteiger partial charge in [-0.2, -0.15) is 0 Å². The summed E-state index contributed by atoms with van der Waals surface area (Å²) in [5, 5.41) is 11.0. The van der Waals surface area contributed by atoms with Crippen molar-refractivity contribution in [3.8, 4) is 0 Å². The first kappa shape index (κ1) is 30.7. The summed E-state index contributed by atoms with van der Waals surface area (Å²) in [5.74, 6) is -2.41. The number of halogens is 1. The Kier molecular flexibility index (Phi) is 9.13. The third-order valence-corrected chi connectivity index (χ3v) is 11.4. The molecule has 2 bridgehead atoms. The molecule has 3 fully saturated rings. The summed E-state index contributed by atoms with van der Waals surface area (Å²) in [6.45, 7) is 15.6. The predicted octanol–water partition coefficient (Wildman–Crippen LogP) is 5.18. The Morgan fingerprint density at radius 3 is 2.65 bits per heavy atom. The largest absolute Gasteiger partial charge is 0.465 e. The molecular formula is C31H41ClN2O5S. The highest BCUT2D eigenvalue weighted by molar-refractivity contribution is 8.02. The van der Waals surface area contributed by atoms with E-state index >= 15 is 0 Å². The second kappa shape index (κ2) is 11.9. The van der Waals surface area contributed by atoms with Crippen LogP contribution in [0.1, 0.15) is 52.0 Å². The number of benzene rings is 1. The molecule has 40 heavy (non-hydrogen) atoms. The summed E-state index contributed by atoms with van der Waals surface area (Å²) < 4.78 is 4.27. The van der Waals surface area contributed by atoms with Crippen LogP contribution in [0.4, 0.5) is 5.69 Å². The Balaban J connectivity index is 1.87. The molecule has 1 spiro atoms. The lowest BCUT2D eigenvalue weighted by molar-refractivity contribution is -0.156. The van der Waals surface area contributed by atoms with E-state index in [2.05, 4.69) is 13.2 Å². The van der Waals surface area contributed by atoms with Crippen LogP contribution in [-0.4, -0.2) is 69.1 Å². The Labute approximate surface area is 246 Å². The zero-order valence-electron chi connectivity index (χ0n) is 23.9. The molecule has 218 valence electrons. The fourth-order valence-corrected chi connectivity index (χ4v) is 9.69. The monoisotopic (exact) mass is 588 g/mol. The van der Waals surface area contributed by atoms with Crippen LogP contribution in [0.5, 0.6) is 0 Å². The number of carbonyl (C=O) groups excluding carboxylic acids is 3. The smallest absolute Gasteiger partial charge is 0.311 e. The van der Waals surface area contributed by atoms with Crippen LogP contribution in [0.15, 0.2) is 43.5 Å². The maximum absolute atomic E-state index is 14.8. The van der Waals surface area contributed by atoms with Crippen LogP contribution in [0.3, 0.4) is 0 Å². The minimum Gasteiger partial charge on any atom is -0.465 e. The molecule has 9 heteroatoms. The van der Waals surface area contributed by atoms with Crippen molar-refractivity contribution in [3.05, 3.63) is 54.1 Å². The summed E-state index contributed by atoms with van der Waals surface area (Å²) >= 11 is 8.24. The number of para-hydroxylation sites is 1. The first-order valence-corrected chi connectivity index (χ1v) is 15.3. The van der Waals surface area contributed by atoms with Gasteiger partial charge in [0.05, 0.1) is 46.5 Å². The number of nitrogens with zero attached hydrogens (tertiary/aromatic N) is 2. The van der Waals surface area contributed by atoms with Gasteiger partial charge in [0, 0.05) is 11.3 Å². The molecular weight excluding hydrogens is 548 g/mol. The molecule has 3 saturated heterocycles. The van der Waals surface area contributed by atoms with Crippen LogP contribution in [0.2, 0.25) is 5.02 Å². The number of aryl methyl sites for hydroxylation is 1. The number of aliphatic hydroxyl groups excluding tert-OH is 1. The highest BCUT2D eigenvalue weighted by atomic mass is 35.5. The normalized spacial score (nSPS) is 30.1. The Morgan fingerprint density at radius 2 is 2.05 bits per heavy atom. The number of aliphatic hydroxyl groups is 1. The maximum atomic E-state index is 14.8. The van der Waals surface area contributed by atoms with Crippen molar-refractivity contribution < 1.29 is 24.2 Å². The minimum absolute atomic E-state index is 0.0647. The molecule has 3 aliphatic heterocycles. The van der Waals surface area contributed by atoms with Crippen molar-refractivity contribution in [1.82, 2.24) is 4.90 Å². The van der Waals surface area contributed by atoms with E-state index in [4.69, 9.17) is 16.3 Å². The number of carbonyl (C=O) groups is 3.